The minimum absolute atomic E-state index is 0.144. The molecule has 1 N–H and O–H groups in total. The molecule has 1 aliphatic carbocycles. The summed E-state index contributed by atoms with van der Waals surface area (Å²) in [6.07, 6.45) is 3.41. The minimum atomic E-state index is -0.512. The van der Waals surface area contributed by atoms with Crippen LogP contribution in [0.4, 0.5) is 4.79 Å². The monoisotopic (exact) mass is 241 g/mol. The number of amides is 1. The number of nitrogens with one attached hydrogen (secondary N) is 1. The van der Waals surface area contributed by atoms with Crippen LogP contribution in [0.15, 0.2) is 12.2 Å². The second-order valence-corrected chi connectivity index (χ2v) is 5.02. The van der Waals surface area contributed by atoms with Gasteiger partial charge in [-0.25, -0.2) is 4.79 Å². The quantitative estimate of drug-likeness (QED) is 0.591. The van der Waals surface area contributed by atoms with Gasteiger partial charge in [-0.15, -0.1) is 0 Å². The normalized spacial score (nSPS) is 23.3. The second-order valence-electron chi connectivity index (χ2n) is 5.02. The van der Waals surface area contributed by atoms with Crippen LogP contribution in [0.5, 0.6) is 0 Å². The topological polar surface area (TPSA) is 64.6 Å². The summed E-state index contributed by atoms with van der Waals surface area (Å²) >= 11 is 0. The van der Waals surface area contributed by atoms with Crippen LogP contribution < -0.4 is 5.32 Å². The fourth-order valence-corrected chi connectivity index (χ4v) is 1.53. The highest BCUT2D eigenvalue weighted by molar-refractivity contribution is 5.69. The largest absolute Gasteiger partial charge is 0.458 e. The maximum Gasteiger partial charge on any atom is 0.408 e. The van der Waals surface area contributed by atoms with Crippen molar-refractivity contribution in [1.29, 1.82) is 0 Å². The number of hydrogen-bond acceptors (Lipinski definition) is 4. The molecule has 5 heteroatoms. The minimum Gasteiger partial charge on any atom is -0.458 e. The number of hydrogen-bond donors (Lipinski definition) is 1. The summed E-state index contributed by atoms with van der Waals surface area (Å²) in [6, 6.07) is -0.144. The average Bonchev–Trinajstić information content (AvgIpc) is 2.46. The standard InChI is InChI=1S/C12H19NO4/c1-8(14)16-10-6-5-9(7-10)13-11(15)17-12(2,3)4/h5-6,9-10H,7H2,1-4H3,(H,13,15). The van der Waals surface area contributed by atoms with Crippen molar-refractivity contribution in [2.45, 2.75) is 51.9 Å². The average molecular weight is 241 g/mol. The first-order valence-electron chi connectivity index (χ1n) is 5.61. The molecule has 0 saturated carbocycles. The van der Waals surface area contributed by atoms with Crippen LogP contribution in [0, 0.1) is 0 Å². The molecule has 1 amide bonds. The maximum atomic E-state index is 11.5. The van der Waals surface area contributed by atoms with Gasteiger partial charge in [0.2, 0.25) is 0 Å². The van der Waals surface area contributed by atoms with Gasteiger partial charge in [0.15, 0.2) is 0 Å². The molecule has 2 atom stereocenters. The fraction of sp³-hybridized carbons (Fsp3) is 0.667. The third-order valence-electron chi connectivity index (χ3n) is 2.06. The zero-order valence-electron chi connectivity index (χ0n) is 10.6. The van der Waals surface area contributed by atoms with Crippen LogP contribution in [0.25, 0.3) is 0 Å². The molecule has 0 aromatic heterocycles. The van der Waals surface area contributed by atoms with E-state index < -0.39 is 11.7 Å². The molecule has 5 nitrogen and oxygen atoms in total. The summed E-state index contributed by atoms with van der Waals surface area (Å²) < 4.78 is 10.1. The zero-order chi connectivity index (χ0) is 13.1. The van der Waals surface area contributed by atoms with E-state index in [-0.39, 0.29) is 18.1 Å². The van der Waals surface area contributed by atoms with Crippen molar-refractivity contribution < 1.29 is 19.1 Å². The number of carbonyl (C=O) groups excluding carboxylic acids is 2. The van der Waals surface area contributed by atoms with Gasteiger partial charge in [-0.2, -0.15) is 0 Å². The molecule has 0 aromatic rings. The summed E-state index contributed by atoms with van der Waals surface area (Å²) in [4.78, 5) is 22.2. The van der Waals surface area contributed by atoms with Gasteiger partial charge in [-0.1, -0.05) is 6.08 Å². The lowest BCUT2D eigenvalue weighted by Crippen LogP contribution is -2.38. The molecule has 2 unspecified atom stereocenters. The Kier molecular flexibility index (Phi) is 4.15. The summed E-state index contributed by atoms with van der Waals surface area (Å²) in [7, 11) is 0. The lowest BCUT2D eigenvalue weighted by atomic mass is 10.2. The van der Waals surface area contributed by atoms with E-state index in [1.165, 1.54) is 6.92 Å². The predicted molar refractivity (Wildman–Crippen MR) is 62.5 cm³/mol. The van der Waals surface area contributed by atoms with Crippen LogP contribution in [-0.2, 0) is 14.3 Å². The smallest absolute Gasteiger partial charge is 0.408 e. The van der Waals surface area contributed by atoms with E-state index in [0.29, 0.717) is 6.42 Å². The molecule has 0 aliphatic heterocycles. The van der Waals surface area contributed by atoms with E-state index in [0.717, 1.165) is 0 Å². The Morgan fingerprint density at radius 1 is 1.29 bits per heavy atom. The predicted octanol–water partition coefficient (Wildman–Crippen LogP) is 1.77. The number of carbonyl (C=O) groups is 2. The van der Waals surface area contributed by atoms with Gasteiger partial charge < -0.3 is 14.8 Å². The molecular weight excluding hydrogens is 222 g/mol. The van der Waals surface area contributed by atoms with E-state index in [4.69, 9.17) is 9.47 Å². The van der Waals surface area contributed by atoms with Gasteiger partial charge in [0.25, 0.3) is 0 Å². The molecule has 0 saturated heterocycles. The van der Waals surface area contributed by atoms with Crippen molar-refractivity contribution in [3.63, 3.8) is 0 Å². The van der Waals surface area contributed by atoms with Gasteiger partial charge in [0, 0.05) is 13.3 Å². The molecule has 96 valence electrons. The molecule has 0 radical (unpaired) electrons. The molecule has 0 fully saturated rings. The van der Waals surface area contributed by atoms with Gasteiger partial charge in [-0.3, -0.25) is 4.79 Å². The molecule has 0 bridgehead atoms. The van der Waals surface area contributed by atoms with E-state index in [2.05, 4.69) is 5.32 Å². The maximum absolute atomic E-state index is 11.5. The van der Waals surface area contributed by atoms with Crippen LogP contribution in [0.3, 0.4) is 0 Å². The van der Waals surface area contributed by atoms with Crippen LogP contribution in [0.1, 0.15) is 34.1 Å². The molecule has 0 spiro atoms. The Labute approximate surface area is 101 Å². The van der Waals surface area contributed by atoms with Crippen LogP contribution in [0.2, 0.25) is 0 Å². The Morgan fingerprint density at radius 3 is 2.47 bits per heavy atom. The summed E-state index contributed by atoms with van der Waals surface area (Å²) in [5, 5.41) is 2.70. The number of rotatable bonds is 2. The summed E-state index contributed by atoms with van der Waals surface area (Å²) in [5.41, 5.74) is -0.512. The van der Waals surface area contributed by atoms with Gasteiger partial charge >= 0.3 is 12.1 Å². The highest BCUT2D eigenvalue weighted by Crippen LogP contribution is 2.15. The third-order valence-corrected chi connectivity index (χ3v) is 2.06. The first kappa shape index (κ1) is 13.5. The van der Waals surface area contributed by atoms with E-state index in [1.54, 1.807) is 32.9 Å². The number of alkyl carbamates (subject to hydrolysis) is 1. The number of esters is 1. The molecule has 0 heterocycles. The molecular formula is C12H19NO4. The fourth-order valence-electron chi connectivity index (χ4n) is 1.53. The molecule has 0 aromatic carbocycles. The molecule has 17 heavy (non-hydrogen) atoms. The summed E-state index contributed by atoms with van der Waals surface area (Å²) in [5.74, 6) is -0.322. The lowest BCUT2D eigenvalue weighted by Gasteiger charge is -2.21. The highest BCUT2D eigenvalue weighted by Gasteiger charge is 2.24. The lowest BCUT2D eigenvalue weighted by molar-refractivity contribution is -0.144. The van der Waals surface area contributed by atoms with Crippen molar-refractivity contribution >= 4 is 12.1 Å². The Bertz CT molecular complexity index is 330. The van der Waals surface area contributed by atoms with Crippen LogP contribution >= 0.6 is 0 Å². The van der Waals surface area contributed by atoms with Crippen LogP contribution in [-0.4, -0.2) is 29.8 Å². The van der Waals surface area contributed by atoms with Crippen molar-refractivity contribution in [2.24, 2.45) is 0 Å². The van der Waals surface area contributed by atoms with Crippen molar-refractivity contribution in [3.8, 4) is 0 Å². The highest BCUT2D eigenvalue weighted by atomic mass is 16.6. The van der Waals surface area contributed by atoms with Crippen molar-refractivity contribution in [1.82, 2.24) is 5.32 Å². The Morgan fingerprint density at radius 2 is 1.94 bits per heavy atom. The van der Waals surface area contributed by atoms with Crippen molar-refractivity contribution in [3.05, 3.63) is 12.2 Å². The Hall–Kier alpha value is -1.52. The van der Waals surface area contributed by atoms with E-state index in [9.17, 15) is 9.59 Å². The molecule has 1 rings (SSSR count). The molecule has 1 aliphatic rings. The van der Waals surface area contributed by atoms with Gasteiger partial charge in [-0.05, 0) is 26.8 Å². The summed E-state index contributed by atoms with van der Waals surface area (Å²) in [6.45, 7) is 6.78. The zero-order valence-corrected chi connectivity index (χ0v) is 10.6. The van der Waals surface area contributed by atoms with E-state index >= 15 is 0 Å². The van der Waals surface area contributed by atoms with Gasteiger partial charge in [0.1, 0.15) is 11.7 Å². The SMILES string of the molecule is CC(=O)OC1C=CC(NC(=O)OC(C)(C)C)C1. The van der Waals surface area contributed by atoms with Crippen molar-refractivity contribution in [2.75, 3.05) is 0 Å². The van der Waals surface area contributed by atoms with E-state index in [1.807, 2.05) is 0 Å². The first-order valence-corrected chi connectivity index (χ1v) is 5.61. The second kappa shape index (κ2) is 5.21. The first-order chi connectivity index (χ1) is 7.76. The third kappa shape index (κ3) is 5.38. The number of ether oxygens (including phenoxy) is 2. The Balaban J connectivity index is 2.34. The van der Waals surface area contributed by atoms with Gasteiger partial charge in [0.05, 0.1) is 6.04 Å².